The standard InChI is InChI=1S/C17H15N5O/c1-11-6-7-18-10-13(11)16(23)21-17-20-14-5-3-2-4-12(14)15-19-8-9-22(15)17/h2-7,10H,8-9H2,1H3,(H,20,21,23). The topological polar surface area (TPSA) is 70.0 Å². The van der Waals surface area contributed by atoms with Crippen LogP contribution in [-0.2, 0) is 0 Å². The molecule has 0 unspecified atom stereocenters. The van der Waals surface area contributed by atoms with Crippen LogP contribution < -0.4 is 5.32 Å². The van der Waals surface area contributed by atoms with Gasteiger partial charge in [-0.3, -0.25) is 25.0 Å². The van der Waals surface area contributed by atoms with Gasteiger partial charge >= 0.3 is 0 Å². The number of aryl methyl sites for hydroxylation is 1. The van der Waals surface area contributed by atoms with Crippen molar-refractivity contribution in [2.75, 3.05) is 13.1 Å². The first-order chi connectivity index (χ1) is 11.2. The largest absolute Gasteiger partial charge is 0.294 e. The smallest absolute Gasteiger partial charge is 0.259 e. The van der Waals surface area contributed by atoms with Crippen molar-refractivity contribution in [3.63, 3.8) is 0 Å². The molecule has 6 heteroatoms. The van der Waals surface area contributed by atoms with Crippen LogP contribution in [0.3, 0.4) is 0 Å². The third kappa shape index (κ3) is 2.28. The number of para-hydroxylation sites is 1. The maximum atomic E-state index is 12.5. The molecule has 0 atom stereocenters. The number of amidine groups is 1. The molecular formula is C17H15N5O. The van der Waals surface area contributed by atoms with Gasteiger partial charge in [0.25, 0.3) is 5.91 Å². The van der Waals surface area contributed by atoms with Crippen molar-refractivity contribution in [2.45, 2.75) is 6.92 Å². The maximum absolute atomic E-state index is 12.5. The number of fused-ring (bicyclic) bond motifs is 3. The van der Waals surface area contributed by atoms with Gasteiger partial charge < -0.3 is 0 Å². The van der Waals surface area contributed by atoms with E-state index in [2.05, 4.69) is 20.3 Å². The summed E-state index contributed by atoms with van der Waals surface area (Å²) in [5.74, 6) is 1.18. The number of hydrogen-bond donors (Lipinski definition) is 1. The Kier molecular flexibility index (Phi) is 3.15. The molecule has 0 radical (unpaired) electrons. The number of amides is 1. The molecule has 114 valence electrons. The monoisotopic (exact) mass is 305 g/mol. The molecule has 1 N–H and O–H groups in total. The van der Waals surface area contributed by atoms with Gasteiger partial charge in [-0.25, -0.2) is 4.99 Å². The molecule has 0 saturated carbocycles. The minimum absolute atomic E-state index is 0.208. The van der Waals surface area contributed by atoms with Crippen LogP contribution in [0.4, 0.5) is 5.69 Å². The van der Waals surface area contributed by atoms with Crippen LogP contribution in [0.1, 0.15) is 21.5 Å². The van der Waals surface area contributed by atoms with Crippen LogP contribution in [0.15, 0.2) is 52.7 Å². The molecule has 1 aromatic carbocycles. The van der Waals surface area contributed by atoms with Crippen molar-refractivity contribution in [1.82, 2.24) is 15.2 Å². The second-order valence-electron chi connectivity index (χ2n) is 5.45. The minimum Gasteiger partial charge on any atom is -0.294 e. The number of aliphatic imine (C=N–C) groups is 2. The highest BCUT2D eigenvalue weighted by molar-refractivity contribution is 6.19. The third-order valence-corrected chi connectivity index (χ3v) is 3.98. The summed E-state index contributed by atoms with van der Waals surface area (Å²) in [5.41, 5.74) is 3.25. The minimum atomic E-state index is -0.208. The number of nitrogens with zero attached hydrogens (tertiary/aromatic N) is 4. The summed E-state index contributed by atoms with van der Waals surface area (Å²) in [6.45, 7) is 3.30. The first-order valence-electron chi connectivity index (χ1n) is 7.46. The Morgan fingerprint density at radius 2 is 2.13 bits per heavy atom. The van der Waals surface area contributed by atoms with Gasteiger partial charge in [0.05, 0.1) is 17.8 Å². The van der Waals surface area contributed by atoms with E-state index >= 15 is 0 Å². The van der Waals surface area contributed by atoms with Gasteiger partial charge in [-0.2, -0.15) is 0 Å². The quantitative estimate of drug-likeness (QED) is 0.874. The Labute approximate surface area is 133 Å². The van der Waals surface area contributed by atoms with Gasteiger partial charge in [-0.15, -0.1) is 0 Å². The van der Waals surface area contributed by atoms with Crippen LogP contribution in [-0.4, -0.2) is 40.7 Å². The second-order valence-corrected chi connectivity index (χ2v) is 5.45. The summed E-state index contributed by atoms with van der Waals surface area (Å²) in [5, 5.41) is 2.90. The summed E-state index contributed by atoms with van der Waals surface area (Å²) in [7, 11) is 0. The van der Waals surface area contributed by atoms with Gasteiger partial charge in [-0.1, -0.05) is 12.1 Å². The number of hydrogen-bond acceptors (Lipinski definition) is 5. The lowest BCUT2D eigenvalue weighted by atomic mass is 10.1. The lowest BCUT2D eigenvalue weighted by Crippen LogP contribution is -2.47. The number of benzene rings is 1. The zero-order valence-corrected chi connectivity index (χ0v) is 12.7. The van der Waals surface area contributed by atoms with E-state index in [1.54, 1.807) is 12.4 Å². The number of aromatic nitrogens is 1. The van der Waals surface area contributed by atoms with Gasteiger partial charge in [0, 0.05) is 24.5 Å². The van der Waals surface area contributed by atoms with Crippen LogP contribution in [0.2, 0.25) is 0 Å². The fraction of sp³-hybridized carbons (Fsp3) is 0.176. The van der Waals surface area contributed by atoms with E-state index in [9.17, 15) is 4.79 Å². The SMILES string of the molecule is Cc1ccncc1C(=O)NC1=Nc2ccccc2C2=NCCN12. The number of pyridine rings is 1. The van der Waals surface area contributed by atoms with Crippen LogP contribution >= 0.6 is 0 Å². The van der Waals surface area contributed by atoms with Gasteiger partial charge in [0.1, 0.15) is 5.84 Å². The summed E-state index contributed by atoms with van der Waals surface area (Å²) >= 11 is 0. The number of guanidine groups is 1. The van der Waals surface area contributed by atoms with Crippen molar-refractivity contribution in [3.8, 4) is 0 Å². The third-order valence-electron chi connectivity index (χ3n) is 3.98. The molecule has 0 fully saturated rings. The van der Waals surface area contributed by atoms with Gasteiger partial charge in [0.2, 0.25) is 5.96 Å². The molecule has 1 amide bonds. The lowest BCUT2D eigenvalue weighted by molar-refractivity contribution is 0.0973. The van der Waals surface area contributed by atoms with Crippen molar-refractivity contribution < 1.29 is 4.79 Å². The molecule has 2 aromatic rings. The predicted octanol–water partition coefficient (Wildman–Crippen LogP) is 1.88. The summed E-state index contributed by atoms with van der Waals surface area (Å²) in [4.78, 5) is 27.6. The average Bonchev–Trinajstić information content (AvgIpc) is 3.05. The highest BCUT2D eigenvalue weighted by atomic mass is 16.1. The highest BCUT2D eigenvalue weighted by Gasteiger charge is 2.30. The van der Waals surface area contributed by atoms with E-state index in [1.807, 2.05) is 42.2 Å². The zero-order valence-electron chi connectivity index (χ0n) is 12.7. The fourth-order valence-electron chi connectivity index (χ4n) is 2.78. The van der Waals surface area contributed by atoms with Crippen LogP contribution in [0.25, 0.3) is 0 Å². The number of carbonyl (C=O) groups excluding carboxylic acids is 1. The van der Waals surface area contributed by atoms with E-state index in [0.29, 0.717) is 18.1 Å². The van der Waals surface area contributed by atoms with Crippen molar-refractivity contribution in [3.05, 3.63) is 59.4 Å². The molecule has 0 saturated heterocycles. The molecule has 23 heavy (non-hydrogen) atoms. The van der Waals surface area contributed by atoms with E-state index in [4.69, 9.17) is 0 Å². The Morgan fingerprint density at radius 1 is 1.26 bits per heavy atom. The predicted molar refractivity (Wildman–Crippen MR) is 88.1 cm³/mol. The Morgan fingerprint density at radius 3 is 3.00 bits per heavy atom. The molecule has 0 aliphatic carbocycles. The molecule has 6 nitrogen and oxygen atoms in total. The molecule has 0 spiro atoms. The second kappa shape index (κ2) is 5.31. The molecule has 1 aromatic heterocycles. The summed E-state index contributed by atoms with van der Waals surface area (Å²) in [6.07, 6.45) is 3.24. The van der Waals surface area contributed by atoms with E-state index in [0.717, 1.165) is 29.2 Å². The Bertz CT molecular complexity index is 856. The van der Waals surface area contributed by atoms with Gasteiger partial charge in [-0.05, 0) is 30.7 Å². The van der Waals surface area contributed by atoms with Crippen LogP contribution in [0.5, 0.6) is 0 Å². The van der Waals surface area contributed by atoms with E-state index in [1.165, 1.54) is 0 Å². The maximum Gasteiger partial charge on any atom is 0.259 e. The highest BCUT2D eigenvalue weighted by Crippen LogP contribution is 2.27. The molecule has 2 aliphatic heterocycles. The number of carbonyl (C=O) groups is 1. The number of nitrogens with one attached hydrogen (secondary N) is 1. The molecule has 0 bridgehead atoms. The van der Waals surface area contributed by atoms with Crippen LogP contribution in [0, 0.1) is 6.92 Å². The van der Waals surface area contributed by atoms with E-state index < -0.39 is 0 Å². The average molecular weight is 305 g/mol. The molecule has 3 heterocycles. The van der Waals surface area contributed by atoms with Crippen molar-refractivity contribution in [1.29, 1.82) is 0 Å². The molecule has 2 aliphatic rings. The molecule has 4 rings (SSSR count). The Balaban J connectivity index is 1.70. The summed E-state index contributed by atoms with van der Waals surface area (Å²) in [6, 6.07) is 9.64. The molecular weight excluding hydrogens is 290 g/mol. The van der Waals surface area contributed by atoms with Gasteiger partial charge in [0.15, 0.2) is 0 Å². The van der Waals surface area contributed by atoms with Crippen molar-refractivity contribution >= 4 is 23.4 Å². The first kappa shape index (κ1) is 13.6. The Hall–Kier alpha value is -3.02. The lowest BCUT2D eigenvalue weighted by Gasteiger charge is -2.27. The van der Waals surface area contributed by atoms with Crippen molar-refractivity contribution in [2.24, 2.45) is 9.98 Å². The summed E-state index contributed by atoms with van der Waals surface area (Å²) < 4.78 is 0. The fourth-order valence-corrected chi connectivity index (χ4v) is 2.78. The van der Waals surface area contributed by atoms with E-state index in [-0.39, 0.29) is 5.91 Å². The first-order valence-corrected chi connectivity index (χ1v) is 7.46. The number of rotatable bonds is 1. The zero-order chi connectivity index (χ0) is 15.8. The normalized spacial score (nSPS) is 15.4.